The number of hydrogen-bond acceptors (Lipinski definition) is 3. The van der Waals surface area contributed by atoms with E-state index in [1.165, 1.54) is 6.92 Å². The molecule has 0 aliphatic rings. The first-order valence-electron chi connectivity index (χ1n) is 4.72. The molecule has 0 aliphatic carbocycles. The molecule has 0 saturated heterocycles. The van der Waals surface area contributed by atoms with Crippen molar-refractivity contribution in [2.75, 3.05) is 16.8 Å². The Hall–Kier alpha value is -2.02. The fourth-order valence-corrected chi connectivity index (χ4v) is 1.24. The van der Waals surface area contributed by atoms with Crippen LogP contribution in [0.4, 0.5) is 11.4 Å². The largest absolute Gasteiger partial charge is 0.326 e. The lowest BCUT2D eigenvalue weighted by molar-refractivity contribution is -0.114. The molecular formula is C11H13N3O. The normalized spacial score (nSPS) is 9.13. The third-order valence-electron chi connectivity index (χ3n) is 1.94. The number of rotatable bonds is 3. The van der Waals surface area contributed by atoms with Gasteiger partial charge in [0, 0.05) is 19.2 Å². The minimum Gasteiger partial charge on any atom is -0.326 e. The van der Waals surface area contributed by atoms with E-state index in [0.29, 0.717) is 6.54 Å². The Morgan fingerprint density at radius 2 is 2.07 bits per heavy atom. The topological polar surface area (TPSA) is 56.1 Å². The monoisotopic (exact) mass is 203 g/mol. The average Bonchev–Trinajstić information content (AvgIpc) is 2.21. The van der Waals surface area contributed by atoms with Gasteiger partial charge >= 0.3 is 0 Å². The van der Waals surface area contributed by atoms with Crippen molar-refractivity contribution in [3.8, 4) is 6.19 Å². The van der Waals surface area contributed by atoms with Gasteiger partial charge in [0.2, 0.25) is 5.91 Å². The van der Waals surface area contributed by atoms with E-state index < -0.39 is 0 Å². The third-order valence-corrected chi connectivity index (χ3v) is 1.94. The zero-order chi connectivity index (χ0) is 11.3. The number of amides is 1. The molecule has 1 amide bonds. The van der Waals surface area contributed by atoms with Crippen LogP contribution in [0.15, 0.2) is 24.3 Å². The SMILES string of the molecule is CCN(C#N)c1ccc(NC(C)=O)cc1. The van der Waals surface area contributed by atoms with Crippen LogP contribution in [0.25, 0.3) is 0 Å². The quantitative estimate of drug-likeness (QED) is 0.603. The predicted octanol–water partition coefficient (Wildman–Crippen LogP) is 1.95. The highest BCUT2D eigenvalue weighted by atomic mass is 16.1. The maximum Gasteiger partial charge on any atom is 0.221 e. The summed E-state index contributed by atoms with van der Waals surface area (Å²) >= 11 is 0. The van der Waals surface area contributed by atoms with Crippen LogP contribution < -0.4 is 10.2 Å². The lowest BCUT2D eigenvalue weighted by Gasteiger charge is -2.13. The minimum atomic E-state index is -0.101. The first-order chi connectivity index (χ1) is 7.17. The highest BCUT2D eigenvalue weighted by Crippen LogP contribution is 2.16. The second kappa shape index (κ2) is 5.01. The molecule has 0 bridgehead atoms. The average molecular weight is 203 g/mol. The maximum atomic E-state index is 10.8. The molecule has 1 rings (SSSR count). The van der Waals surface area contributed by atoms with Gasteiger partial charge in [-0.1, -0.05) is 0 Å². The van der Waals surface area contributed by atoms with Gasteiger partial charge in [-0.2, -0.15) is 5.26 Å². The van der Waals surface area contributed by atoms with Crippen molar-refractivity contribution in [3.05, 3.63) is 24.3 Å². The number of carbonyl (C=O) groups excluding carboxylic acids is 1. The van der Waals surface area contributed by atoms with E-state index in [2.05, 4.69) is 11.5 Å². The van der Waals surface area contributed by atoms with Crippen LogP contribution in [0.1, 0.15) is 13.8 Å². The van der Waals surface area contributed by atoms with Crippen molar-refractivity contribution in [3.63, 3.8) is 0 Å². The fourth-order valence-electron chi connectivity index (χ4n) is 1.24. The Bertz CT molecular complexity index is 378. The molecule has 0 saturated carbocycles. The summed E-state index contributed by atoms with van der Waals surface area (Å²) in [5.41, 5.74) is 1.56. The smallest absolute Gasteiger partial charge is 0.221 e. The van der Waals surface area contributed by atoms with Gasteiger partial charge < -0.3 is 5.32 Å². The van der Waals surface area contributed by atoms with E-state index in [0.717, 1.165) is 11.4 Å². The Balaban J connectivity index is 2.81. The van der Waals surface area contributed by atoms with Gasteiger partial charge in [-0.3, -0.25) is 9.69 Å². The molecule has 1 aromatic carbocycles. The first-order valence-corrected chi connectivity index (χ1v) is 4.72. The van der Waals surface area contributed by atoms with Crippen LogP contribution in [-0.4, -0.2) is 12.5 Å². The Kier molecular flexibility index (Phi) is 3.69. The Labute approximate surface area is 89.1 Å². The molecule has 0 aromatic heterocycles. The van der Waals surface area contributed by atoms with Crippen molar-refractivity contribution in [2.24, 2.45) is 0 Å². The molecule has 0 heterocycles. The number of benzene rings is 1. The standard InChI is InChI=1S/C11H13N3O/c1-3-14(8-12)11-6-4-10(5-7-11)13-9(2)15/h4-7H,3H2,1-2H3,(H,13,15). The summed E-state index contributed by atoms with van der Waals surface area (Å²) in [6.07, 6.45) is 2.07. The van der Waals surface area contributed by atoms with Crippen LogP contribution in [0, 0.1) is 11.5 Å². The van der Waals surface area contributed by atoms with Crippen molar-refractivity contribution in [1.82, 2.24) is 0 Å². The molecule has 78 valence electrons. The van der Waals surface area contributed by atoms with Gasteiger partial charge in [-0.15, -0.1) is 0 Å². The van der Waals surface area contributed by atoms with Crippen LogP contribution in [0.2, 0.25) is 0 Å². The predicted molar refractivity (Wildman–Crippen MR) is 59.4 cm³/mol. The van der Waals surface area contributed by atoms with E-state index in [9.17, 15) is 4.79 Å². The second-order valence-corrected chi connectivity index (χ2v) is 3.07. The van der Waals surface area contributed by atoms with Crippen LogP contribution in [-0.2, 0) is 4.79 Å². The zero-order valence-corrected chi connectivity index (χ0v) is 8.82. The lowest BCUT2D eigenvalue weighted by atomic mass is 10.2. The maximum absolute atomic E-state index is 10.8. The Morgan fingerprint density at radius 1 is 1.47 bits per heavy atom. The third kappa shape index (κ3) is 2.99. The highest BCUT2D eigenvalue weighted by molar-refractivity contribution is 5.88. The van der Waals surface area contributed by atoms with Crippen LogP contribution >= 0.6 is 0 Å². The number of carbonyl (C=O) groups is 1. The molecule has 1 aromatic rings. The van der Waals surface area contributed by atoms with E-state index in [1.807, 2.05) is 6.92 Å². The Morgan fingerprint density at radius 3 is 2.47 bits per heavy atom. The van der Waals surface area contributed by atoms with Crippen molar-refractivity contribution < 1.29 is 4.79 Å². The van der Waals surface area contributed by atoms with Crippen molar-refractivity contribution in [1.29, 1.82) is 5.26 Å². The van der Waals surface area contributed by atoms with Gasteiger partial charge in [-0.25, -0.2) is 0 Å². The summed E-state index contributed by atoms with van der Waals surface area (Å²) in [5, 5.41) is 11.5. The molecule has 0 atom stereocenters. The van der Waals surface area contributed by atoms with E-state index in [4.69, 9.17) is 5.26 Å². The van der Waals surface area contributed by atoms with Crippen LogP contribution in [0.5, 0.6) is 0 Å². The molecule has 4 nitrogen and oxygen atoms in total. The van der Waals surface area contributed by atoms with Crippen LogP contribution in [0.3, 0.4) is 0 Å². The lowest BCUT2D eigenvalue weighted by Crippen LogP contribution is -2.15. The van der Waals surface area contributed by atoms with Gasteiger partial charge in [0.1, 0.15) is 0 Å². The number of hydrogen-bond donors (Lipinski definition) is 1. The van der Waals surface area contributed by atoms with Crippen molar-refractivity contribution in [2.45, 2.75) is 13.8 Å². The molecule has 1 N–H and O–H groups in total. The minimum absolute atomic E-state index is 0.101. The fraction of sp³-hybridized carbons (Fsp3) is 0.273. The molecule has 0 aliphatic heterocycles. The summed E-state index contributed by atoms with van der Waals surface area (Å²) < 4.78 is 0. The van der Waals surface area contributed by atoms with Crippen molar-refractivity contribution >= 4 is 17.3 Å². The van der Waals surface area contributed by atoms with Gasteiger partial charge in [0.25, 0.3) is 0 Å². The van der Waals surface area contributed by atoms with E-state index >= 15 is 0 Å². The molecule has 0 fully saturated rings. The number of nitrogens with zero attached hydrogens (tertiary/aromatic N) is 2. The number of nitrogens with one attached hydrogen (secondary N) is 1. The zero-order valence-electron chi connectivity index (χ0n) is 8.82. The van der Waals surface area contributed by atoms with Gasteiger partial charge in [0.05, 0.1) is 5.69 Å². The second-order valence-electron chi connectivity index (χ2n) is 3.07. The van der Waals surface area contributed by atoms with E-state index in [-0.39, 0.29) is 5.91 Å². The summed E-state index contributed by atoms with van der Waals surface area (Å²) in [5.74, 6) is -0.101. The summed E-state index contributed by atoms with van der Waals surface area (Å²) in [4.78, 5) is 12.3. The summed E-state index contributed by atoms with van der Waals surface area (Å²) in [6, 6.07) is 7.16. The number of nitriles is 1. The molecule has 0 unspecified atom stereocenters. The summed E-state index contributed by atoms with van der Waals surface area (Å²) in [7, 11) is 0. The number of anilines is 2. The molecule has 0 spiro atoms. The first kappa shape index (κ1) is 11.1. The molecule has 4 heteroatoms. The van der Waals surface area contributed by atoms with Gasteiger partial charge in [-0.05, 0) is 31.2 Å². The molecular weight excluding hydrogens is 190 g/mol. The molecule has 0 radical (unpaired) electrons. The summed E-state index contributed by atoms with van der Waals surface area (Å²) in [6.45, 7) is 4.00. The molecule has 15 heavy (non-hydrogen) atoms. The van der Waals surface area contributed by atoms with E-state index in [1.54, 1.807) is 29.2 Å². The van der Waals surface area contributed by atoms with Gasteiger partial charge in [0.15, 0.2) is 6.19 Å². The highest BCUT2D eigenvalue weighted by Gasteiger charge is 2.02.